The molecule has 0 unspecified atom stereocenters. The van der Waals surface area contributed by atoms with Crippen LogP contribution in [0.3, 0.4) is 0 Å². The third kappa shape index (κ3) is 3.33. The van der Waals surface area contributed by atoms with Gasteiger partial charge in [-0.25, -0.2) is 4.39 Å². The number of hydrogen-bond donors (Lipinski definition) is 1. The lowest BCUT2D eigenvalue weighted by Gasteiger charge is -2.40. The Hall–Kier alpha value is -0.410. The Bertz CT molecular complexity index is 432. The Morgan fingerprint density at radius 3 is 2.44 bits per heavy atom. The van der Waals surface area contributed by atoms with E-state index in [2.05, 4.69) is 29.8 Å². The van der Waals surface area contributed by atoms with E-state index in [0.29, 0.717) is 17.4 Å². The molecule has 0 amide bonds. The van der Waals surface area contributed by atoms with E-state index >= 15 is 0 Å². The van der Waals surface area contributed by atoms with Gasteiger partial charge in [0.2, 0.25) is 0 Å². The van der Waals surface area contributed by atoms with E-state index < -0.39 is 5.60 Å². The largest absolute Gasteiger partial charge is 0.390 e. The van der Waals surface area contributed by atoms with Gasteiger partial charge in [-0.3, -0.25) is 0 Å². The van der Waals surface area contributed by atoms with E-state index in [4.69, 9.17) is 0 Å². The first-order valence-electron chi connectivity index (χ1n) is 6.46. The standard InChI is InChI=1S/C15H20BrFO/c1-14(2)5-7-15(18,8-6-14)10-11-9-12(16)3-4-13(11)17/h3-4,9,18H,5-8,10H2,1-2H3. The van der Waals surface area contributed by atoms with Crippen molar-refractivity contribution in [3.63, 3.8) is 0 Å². The maximum Gasteiger partial charge on any atom is 0.126 e. The molecule has 0 aromatic heterocycles. The van der Waals surface area contributed by atoms with Crippen molar-refractivity contribution in [1.29, 1.82) is 0 Å². The molecule has 2 rings (SSSR count). The Morgan fingerprint density at radius 1 is 1.22 bits per heavy atom. The van der Waals surface area contributed by atoms with Crippen LogP contribution >= 0.6 is 15.9 Å². The third-order valence-electron chi connectivity index (χ3n) is 4.06. The van der Waals surface area contributed by atoms with Gasteiger partial charge in [-0.05, 0) is 54.9 Å². The molecule has 0 atom stereocenters. The highest BCUT2D eigenvalue weighted by Crippen LogP contribution is 2.41. The summed E-state index contributed by atoms with van der Waals surface area (Å²) in [5.74, 6) is -0.226. The van der Waals surface area contributed by atoms with Crippen LogP contribution in [0, 0.1) is 11.2 Å². The maximum atomic E-state index is 13.7. The number of halogens is 2. The van der Waals surface area contributed by atoms with E-state index in [0.717, 1.165) is 30.2 Å². The molecule has 1 saturated carbocycles. The van der Waals surface area contributed by atoms with Gasteiger partial charge in [0.25, 0.3) is 0 Å². The minimum Gasteiger partial charge on any atom is -0.390 e. The molecule has 1 aliphatic rings. The van der Waals surface area contributed by atoms with E-state index in [-0.39, 0.29) is 5.82 Å². The van der Waals surface area contributed by atoms with Crippen LogP contribution in [0.15, 0.2) is 22.7 Å². The fraction of sp³-hybridized carbons (Fsp3) is 0.600. The van der Waals surface area contributed by atoms with Gasteiger partial charge in [0.1, 0.15) is 5.82 Å². The smallest absolute Gasteiger partial charge is 0.126 e. The van der Waals surface area contributed by atoms with Crippen LogP contribution in [0.4, 0.5) is 4.39 Å². The van der Waals surface area contributed by atoms with Gasteiger partial charge in [-0.15, -0.1) is 0 Å². The lowest BCUT2D eigenvalue weighted by atomic mass is 9.69. The second-order valence-corrected chi connectivity index (χ2v) is 7.22. The first-order valence-corrected chi connectivity index (χ1v) is 7.25. The second-order valence-electron chi connectivity index (χ2n) is 6.30. The van der Waals surface area contributed by atoms with Crippen molar-refractivity contribution in [2.45, 2.75) is 51.6 Å². The van der Waals surface area contributed by atoms with Gasteiger partial charge in [-0.1, -0.05) is 29.8 Å². The zero-order valence-electron chi connectivity index (χ0n) is 11.0. The van der Waals surface area contributed by atoms with Crippen LogP contribution in [0.25, 0.3) is 0 Å². The minimum absolute atomic E-state index is 0.226. The summed E-state index contributed by atoms with van der Waals surface area (Å²) >= 11 is 3.35. The molecule has 0 saturated heterocycles. The molecule has 18 heavy (non-hydrogen) atoms. The van der Waals surface area contributed by atoms with Crippen molar-refractivity contribution in [3.05, 3.63) is 34.1 Å². The highest BCUT2D eigenvalue weighted by molar-refractivity contribution is 9.10. The molecular weight excluding hydrogens is 295 g/mol. The van der Waals surface area contributed by atoms with Gasteiger partial charge in [0, 0.05) is 10.9 Å². The Morgan fingerprint density at radius 2 is 1.83 bits per heavy atom. The summed E-state index contributed by atoms with van der Waals surface area (Å²) in [6.45, 7) is 4.46. The summed E-state index contributed by atoms with van der Waals surface area (Å²) < 4.78 is 14.6. The normalized spacial score (nSPS) is 21.8. The van der Waals surface area contributed by atoms with Gasteiger partial charge in [-0.2, -0.15) is 0 Å². The molecule has 1 N–H and O–H groups in total. The molecule has 0 aliphatic heterocycles. The highest BCUT2D eigenvalue weighted by Gasteiger charge is 2.37. The predicted molar refractivity (Wildman–Crippen MR) is 75.0 cm³/mol. The van der Waals surface area contributed by atoms with Crippen molar-refractivity contribution in [2.75, 3.05) is 0 Å². The molecule has 1 nitrogen and oxygen atoms in total. The molecule has 1 aliphatic carbocycles. The molecular formula is C15H20BrFO. The summed E-state index contributed by atoms with van der Waals surface area (Å²) in [5.41, 5.74) is 0.172. The van der Waals surface area contributed by atoms with E-state index in [9.17, 15) is 9.50 Å². The maximum absolute atomic E-state index is 13.7. The SMILES string of the molecule is CC1(C)CCC(O)(Cc2cc(Br)ccc2F)CC1. The monoisotopic (exact) mass is 314 g/mol. The Labute approximate surface area is 117 Å². The van der Waals surface area contributed by atoms with Crippen molar-refractivity contribution < 1.29 is 9.50 Å². The summed E-state index contributed by atoms with van der Waals surface area (Å²) in [6, 6.07) is 4.91. The fourth-order valence-corrected chi connectivity index (χ4v) is 3.01. The molecule has 0 heterocycles. The van der Waals surface area contributed by atoms with Crippen LogP contribution < -0.4 is 0 Å². The van der Waals surface area contributed by atoms with Crippen molar-refractivity contribution in [3.8, 4) is 0 Å². The molecule has 0 radical (unpaired) electrons. The zero-order chi connectivity index (χ0) is 13.4. The zero-order valence-corrected chi connectivity index (χ0v) is 12.6. The second kappa shape index (κ2) is 4.93. The molecule has 0 bridgehead atoms. The van der Waals surface area contributed by atoms with Crippen LogP contribution in [0.5, 0.6) is 0 Å². The summed E-state index contributed by atoms with van der Waals surface area (Å²) in [4.78, 5) is 0. The average Bonchev–Trinajstić information content (AvgIpc) is 2.29. The van der Waals surface area contributed by atoms with Crippen molar-refractivity contribution in [1.82, 2.24) is 0 Å². The van der Waals surface area contributed by atoms with E-state index in [1.165, 1.54) is 6.07 Å². The number of rotatable bonds is 2. The average molecular weight is 315 g/mol. The lowest BCUT2D eigenvalue weighted by Crippen LogP contribution is -2.38. The van der Waals surface area contributed by atoms with Crippen LogP contribution in [0.1, 0.15) is 45.1 Å². The van der Waals surface area contributed by atoms with Crippen LogP contribution in [-0.2, 0) is 6.42 Å². The van der Waals surface area contributed by atoms with Gasteiger partial charge < -0.3 is 5.11 Å². The third-order valence-corrected chi connectivity index (χ3v) is 4.55. The first kappa shape index (κ1) is 14.0. The van der Waals surface area contributed by atoms with E-state index in [1.54, 1.807) is 12.1 Å². The number of benzene rings is 1. The van der Waals surface area contributed by atoms with Crippen LogP contribution in [-0.4, -0.2) is 10.7 Å². The Balaban J connectivity index is 2.11. The molecule has 1 fully saturated rings. The summed E-state index contributed by atoms with van der Waals surface area (Å²) in [5, 5.41) is 10.6. The van der Waals surface area contributed by atoms with Crippen molar-refractivity contribution in [2.24, 2.45) is 5.41 Å². The van der Waals surface area contributed by atoms with Crippen molar-refractivity contribution >= 4 is 15.9 Å². The molecule has 1 aromatic carbocycles. The molecule has 0 spiro atoms. The topological polar surface area (TPSA) is 20.2 Å². The highest BCUT2D eigenvalue weighted by atomic mass is 79.9. The minimum atomic E-state index is -0.739. The number of hydrogen-bond acceptors (Lipinski definition) is 1. The predicted octanol–water partition coefficient (Wildman–Crippen LogP) is 4.46. The van der Waals surface area contributed by atoms with E-state index in [1.807, 2.05) is 0 Å². The van der Waals surface area contributed by atoms with Crippen LogP contribution in [0.2, 0.25) is 0 Å². The van der Waals surface area contributed by atoms with Gasteiger partial charge >= 0.3 is 0 Å². The lowest BCUT2D eigenvalue weighted by molar-refractivity contribution is -0.0256. The fourth-order valence-electron chi connectivity index (χ4n) is 2.60. The Kier molecular flexibility index (Phi) is 3.84. The van der Waals surface area contributed by atoms with Gasteiger partial charge in [0.15, 0.2) is 0 Å². The first-order chi connectivity index (χ1) is 8.30. The molecule has 3 heteroatoms. The summed E-state index contributed by atoms with van der Waals surface area (Å²) in [6.07, 6.45) is 3.92. The quantitative estimate of drug-likeness (QED) is 0.854. The number of aliphatic hydroxyl groups is 1. The summed E-state index contributed by atoms with van der Waals surface area (Å²) in [7, 11) is 0. The molecule has 1 aromatic rings. The molecule has 100 valence electrons. The van der Waals surface area contributed by atoms with Gasteiger partial charge in [0.05, 0.1) is 5.60 Å².